The number of para-hydroxylation sites is 1. The van der Waals surface area contributed by atoms with Gasteiger partial charge in [-0.3, -0.25) is 4.68 Å². The number of aryl methyl sites for hydroxylation is 2. The van der Waals surface area contributed by atoms with E-state index in [0.717, 1.165) is 11.4 Å². The third-order valence-electron chi connectivity index (χ3n) is 3.72. The van der Waals surface area contributed by atoms with Crippen molar-refractivity contribution in [3.05, 3.63) is 47.3 Å². The molecule has 0 amide bonds. The summed E-state index contributed by atoms with van der Waals surface area (Å²) < 4.78 is 7.96. The Morgan fingerprint density at radius 1 is 1.32 bits per heavy atom. The predicted molar refractivity (Wildman–Crippen MR) is 74.5 cm³/mol. The number of likely N-dealkylation sites (N-methyl/N-ethyl adjacent to an activating group) is 1. The number of nitrogens with zero attached hydrogens (tertiary/aromatic N) is 2. The van der Waals surface area contributed by atoms with Crippen LogP contribution in [-0.4, -0.2) is 23.4 Å². The maximum absolute atomic E-state index is 5.89. The van der Waals surface area contributed by atoms with Gasteiger partial charge in [0.1, 0.15) is 18.4 Å². The van der Waals surface area contributed by atoms with Crippen molar-refractivity contribution in [2.75, 3.05) is 13.7 Å². The van der Waals surface area contributed by atoms with Gasteiger partial charge in [-0.25, -0.2) is 0 Å². The molecule has 1 aromatic carbocycles. The van der Waals surface area contributed by atoms with Crippen LogP contribution in [-0.2, 0) is 0 Å². The molecular weight excluding hydrogens is 238 g/mol. The molecule has 2 heterocycles. The van der Waals surface area contributed by atoms with Crippen LogP contribution in [0.5, 0.6) is 5.75 Å². The van der Waals surface area contributed by atoms with Crippen LogP contribution < -0.4 is 10.1 Å². The normalized spacial score (nSPS) is 21.8. The van der Waals surface area contributed by atoms with Gasteiger partial charge in [-0.2, -0.15) is 5.10 Å². The Balaban J connectivity index is 2.03. The van der Waals surface area contributed by atoms with Crippen LogP contribution in [0.4, 0.5) is 0 Å². The third kappa shape index (κ3) is 2.02. The van der Waals surface area contributed by atoms with Crippen LogP contribution in [0, 0.1) is 13.8 Å². The average Bonchev–Trinajstić information content (AvgIpc) is 2.76. The molecule has 3 rings (SSSR count). The zero-order valence-corrected chi connectivity index (χ0v) is 11.6. The highest BCUT2D eigenvalue weighted by Crippen LogP contribution is 2.37. The van der Waals surface area contributed by atoms with E-state index in [0.29, 0.717) is 6.61 Å². The van der Waals surface area contributed by atoms with Gasteiger partial charge in [0.25, 0.3) is 0 Å². The van der Waals surface area contributed by atoms with Gasteiger partial charge in [0.15, 0.2) is 0 Å². The number of benzene rings is 1. The molecule has 4 nitrogen and oxygen atoms in total. The summed E-state index contributed by atoms with van der Waals surface area (Å²) >= 11 is 0. The smallest absolute Gasteiger partial charge is 0.124 e. The van der Waals surface area contributed by atoms with E-state index in [1.807, 2.05) is 26.1 Å². The maximum Gasteiger partial charge on any atom is 0.124 e. The molecule has 100 valence electrons. The molecule has 1 aliphatic rings. The van der Waals surface area contributed by atoms with Crippen LogP contribution in [0.3, 0.4) is 0 Å². The molecule has 2 aromatic rings. The third-order valence-corrected chi connectivity index (χ3v) is 3.72. The maximum atomic E-state index is 5.89. The van der Waals surface area contributed by atoms with E-state index >= 15 is 0 Å². The number of fused-ring (bicyclic) bond motifs is 1. The molecule has 0 saturated carbocycles. The van der Waals surface area contributed by atoms with Crippen molar-refractivity contribution in [1.29, 1.82) is 0 Å². The number of hydrogen-bond acceptors (Lipinski definition) is 3. The standard InChI is InChI=1S/C15H19N3O/c1-10-8-11(2)18(17-10)13-9-19-14-7-5-4-6-12(14)15(13)16-3/h4-8,13,15-16H,9H2,1-3H3. The van der Waals surface area contributed by atoms with Crippen molar-refractivity contribution in [1.82, 2.24) is 15.1 Å². The van der Waals surface area contributed by atoms with Crippen LogP contribution >= 0.6 is 0 Å². The van der Waals surface area contributed by atoms with Gasteiger partial charge in [0, 0.05) is 11.3 Å². The largest absolute Gasteiger partial charge is 0.491 e. The molecule has 2 atom stereocenters. The lowest BCUT2D eigenvalue weighted by atomic mass is 9.96. The second-order valence-electron chi connectivity index (χ2n) is 5.05. The van der Waals surface area contributed by atoms with Crippen molar-refractivity contribution >= 4 is 0 Å². The summed E-state index contributed by atoms with van der Waals surface area (Å²) in [6, 6.07) is 10.7. The molecule has 1 aliphatic heterocycles. The zero-order valence-electron chi connectivity index (χ0n) is 11.6. The summed E-state index contributed by atoms with van der Waals surface area (Å²) in [7, 11) is 1.99. The van der Waals surface area contributed by atoms with Crippen molar-refractivity contribution in [2.24, 2.45) is 0 Å². The number of hydrogen-bond donors (Lipinski definition) is 1. The first-order chi connectivity index (χ1) is 9.20. The Bertz CT molecular complexity index is 591. The Morgan fingerprint density at radius 3 is 2.79 bits per heavy atom. The Morgan fingerprint density at radius 2 is 2.11 bits per heavy atom. The molecule has 4 heteroatoms. The van der Waals surface area contributed by atoms with E-state index < -0.39 is 0 Å². The van der Waals surface area contributed by atoms with Crippen LogP contribution in [0.2, 0.25) is 0 Å². The van der Waals surface area contributed by atoms with Crippen molar-refractivity contribution in [2.45, 2.75) is 25.9 Å². The fourth-order valence-corrected chi connectivity index (χ4v) is 2.89. The Labute approximate surface area is 113 Å². The number of rotatable bonds is 2. The molecule has 0 fully saturated rings. The lowest BCUT2D eigenvalue weighted by Gasteiger charge is -2.34. The van der Waals surface area contributed by atoms with E-state index in [1.54, 1.807) is 0 Å². The number of nitrogens with one attached hydrogen (secondary N) is 1. The molecule has 0 radical (unpaired) electrons. The molecule has 2 unspecified atom stereocenters. The SMILES string of the molecule is CNC1c2ccccc2OCC1n1nc(C)cc1C. The first kappa shape index (κ1) is 12.2. The first-order valence-electron chi connectivity index (χ1n) is 6.62. The molecule has 0 aliphatic carbocycles. The molecular formula is C15H19N3O. The monoisotopic (exact) mass is 257 g/mol. The highest BCUT2D eigenvalue weighted by atomic mass is 16.5. The average molecular weight is 257 g/mol. The lowest BCUT2D eigenvalue weighted by molar-refractivity contribution is 0.172. The van der Waals surface area contributed by atoms with E-state index in [1.165, 1.54) is 11.3 Å². The highest BCUT2D eigenvalue weighted by Gasteiger charge is 2.32. The summed E-state index contributed by atoms with van der Waals surface area (Å²) in [5.74, 6) is 0.972. The van der Waals surface area contributed by atoms with Crippen molar-refractivity contribution in [3.8, 4) is 5.75 Å². The van der Waals surface area contributed by atoms with Gasteiger partial charge < -0.3 is 10.1 Å². The summed E-state index contributed by atoms with van der Waals surface area (Å²) in [6.07, 6.45) is 0. The fourth-order valence-electron chi connectivity index (χ4n) is 2.89. The van der Waals surface area contributed by atoms with Crippen LogP contribution in [0.15, 0.2) is 30.3 Å². The van der Waals surface area contributed by atoms with Crippen molar-refractivity contribution < 1.29 is 4.74 Å². The number of aromatic nitrogens is 2. The van der Waals surface area contributed by atoms with Crippen LogP contribution in [0.1, 0.15) is 29.0 Å². The molecule has 0 bridgehead atoms. The van der Waals surface area contributed by atoms with E-state index in [-0.39, 0.29) is 12.1 Å². The molecule has 1 aromatic heterocycles. The minimum absolute atomic E-state index is 0.189. The minimum Gasteiger partial charge on any atom is -0.491 e. The minimum atomic E-state index is 0.189. The first-order valence-corrected chi connectivity index (χ1v) is 6.62. The summed E-state index contributed by atoms with van der Waals surface area (Å²) in [5, 5.41) is 8.01. The summed E-state index contributed by atoms with van der Waals surface area (Å²) in [5.41, 5.74) is 3.42. The van der Waals surface area contributed by atoms with Gasteiger partial charge in [-0.15, -0.1) is 0 Å². The topological polar surface area (TPSA) is 39.1 Å². The summed E-state index contributed by atoms with van der Waals surface area (Å²) in [4.78, 5) is 0. The van der Waals surface area contributed by atoms with Crippen molar-refractivity contribution in [3.63, 3.8) is 0 Å². The van der Waals surface area contributed by atoms with Gasteiger partial charge in [-0.05, 0) is 33.0 Å². The van der Waals surface area contributed by atoms with Gasteiger partial charge >= 0.3 is 0 Å². The van der Waals surface area contributed by atoms with Crippen LogP contribution in [0.25, 0.3) is 0 Å². The zero-order chi connectivity index (χ0) is 13.4. The van der Waals surface area contributed by atoms with E-state index in [2.05, 4.69) is 40.2 Å². The van der Waals surface area contributed by atoms with E-state index in [9.17, 15) is 0 Å². The summed E-state index contributed by atoms with van der Waals surface area (Å²) in [6.45, 7) is 4.76. The quantitative estimate of drug-likeness (QED) is 0.898. The highest BCUT2D eigenvalue weighted by molar-refractivity contribution is 5.38. The molecule has 19 heavy (non-hydrogen) atoms. The molecule has 1 N–H and O–H groups in total. The number of ether oxygens (including phenoxy) is 1. The van der Waals surface area contributed by atoms with E-state index in [4.69, 9.17) is 4.74 Å². The molecule has 0 saturated heterocycles. The Hall–Kier alpha value is -1.81. The second kappa shape index (κ2) is 4.70. The fraction of sp³-hybridized carbons (Fsp3) is 0.400. The second-order valence-corrected chi connectivity index (χ2v) is 5.05. The predicted octanol–water partition coefficient (Wildman–Crippen LogP) is 2.39. The Kier molecular flexibility index (Phi) is 3.03. The van der Waals surface area contributed by atoms with Gasteiger partial charge in [0.2, 0.25) is 0 Å². The molecule has 0 spiro atoms. The van der Waals surface area contributed by atoms with Gasteiger partial charge in [0.05, 0.1) is 11.7 Å². The lowest BCUT2D eigenvalue weighted by Crippen LogP contribution is -2.36. The van der Waals surface area contributed by atoms with Gasteiger partial charge in [-0.1, -0.05) is 18.2 Å².